The summed E-state index contributed by atoms with van der Waals surface area (Å²) in [5, 5.41) is 6.85. The van der Waals surface area contributed by atoms with Gasteiger partial charge in [0.1, 0.15) is 0 Å². The maximum Gasteiger partial charge on any atom is 0.191 e. The Labute approximate surface area is 167 Å². The molecule has 3 rings (SSSR count). The van der Waals surface area contributed by atoms with E-state index in [1.807, 2.05) is 4.90 Å². The van der Waals surface area contributed by atoms with Gasteiger partial charge in [-0.3, -0.25) is 9.89 Å². The molecule has 8 heteroatoms. The van der Waals surface area contributed by atoms with Crippen LogP contribution in [0, 0.1) is 5.82 Å². The summed E-state index contributed by atoms with van der Waals surface area (Å²) >= 11 is 0. The van der Waals surface area contributed by atoms with Gasteiger partial charge in [0.15, 0.2) is 17.6 Å². The molecule has 2 aliphatic heterocycles. The lowest BCUT2D eigenvalue weighted by molar-refractivity contribution is -0.00684. The SMILES string of the molecule is CCNC(=NCC(C)(C)N1CCOCC1)NC1CCN(c2ncccc2F)C1. The van der Waals surface area contributed by atoms with Crippen LogP contribution in [0.4, 0.5) is 10.2 Å². The van der Waals surface area contributed by atoms with E-state index in [9.17, 15) is 4.39 Å². The number of halogens is 1. The first-order valence-corrected chi connectivity index (χ1v) is 10.2. The Morgan fingerprint density at radius 3 is 2.86 bits per heavy atom. The number of aliphatic imine (C=N–C) groups is 1. The molecule has 0 saturated carbocycles. The third kappa shape index (κ3) is 5.32. The van der Waals surface area contributed by atoms with E-state index in [1.165, 1.54) is 6.07 Å². The Kier molecular flexibility index (Phi) is 7.07. The fourth-order valence-electron chi connectivity index (χ4n) is 3.74. The molecule has 2 saturated heterocycles. The van der Waals surface area contributed by atoms with Crippen LogP contribution in [0.2, 0.25) is 0 Å². The highest BCUT2D eigenvalue weighted by Gasteiger charge is 2.29. The maximum absolute atomic E-state index is 14.0. The Morgan fingerprint density at radius 1 is 1.36 bits per heavy atom. The highest BCUT2D eigenvalue weighted by Crippen LogP contribution is 2.21. The van der Waals surface area contributed by atoms with Gasteiger partial charge in [-0.05, 0) is 39.3 Å². The maximum atomic E-state index is 14.0. The van der Waals surface area contributed by atoms with Crippen LogP contribution in [0.1, 0.15) is 27.2 Å². The second kappa shape index (κ2) is 9.52. The smallest absolute Gasteiger partial charge is 0.191 e. The van der Waals surface area contributed by atoms with Gasteiger partial charge >= 0.3 is 0 Å². The monoisotopic (exact) mass is 392 g/mol. The number of morpholine rings is 1. The minimum atomic E-state index is -0.268. The molecule has 0 aromatic carbocycles. The topological polar surface area (TPSA) is 65.0 Å². The molecule has 1 unspecified atom stereocenters. The van der Waals surface area contributed by atoms with Crippen LogP contribution < -0.4 is 15.5 Å². The van der Waals surface area contributed by atoms with E-state index in [0.29, 0.717) is 18.9 Å². The normalized spacial score (nSPS) is 21.8. The summed E-state index contributed by atoms with van der Waals surface area (Å²) in [5.74, 6) is 0.982. The quantitative estimate of drug-likeness (QED) is 0.565. The minimum Gasteiger partial charge on any atom is -0.379 e. The number of anilines is 1. The predicted octanol–water partition coefficient (Wildman–Crippen LogP) is 1.47. The summed E-state index contributed by atoms with van der Waals surface area (Å²) in [4.78, 5) is 13.5. The average molecular weight is 393 g/mol. The third-order valence-corrected chi connectivity index (χ3v) is 5.40. The van der Waals surface area contributed by atoms with E-state index >= 15 is 0 Å². The second-order valence-electron chi connectivity index (χ2n) is 7.99. The van der Waals surface area contributed by atoms with Gasteiger partial charge in [-0.25, -0.2) is 9.37 Å². The second-order valence-corrected chi connectivity index (χ2v) is 7.99. The summed E-state index contributed by atoms with van der Waals surface area (Å²) in [5.41, 5.74) is -0.0229. The molecule has 2 N–H and O–H groups in total. The van der Waals surface area contributed by atoms with E-state index in [4.69, 9.17) is 9.73 Å². The van der Waals surface area contributed by atoms with E-state index < -0.39 is 0 Å². The molecule has 0 aliphatic carbocycles. The molecule has 0 spiro atoms. The molecule has 7 nitrogen and oxygen atoms in total. The molecule has 1 atom stereocenters. The van der Waals surface area contributed by atoms with E-state index in [-0.39, 0.29) is 17.4 Å². The molecule has 1 aromatic heterocycles. The zero-order valence-electron chi connectivity index (χ0n) is 17.2. The molecule has 156 valence electrons. The summed E-state index contributed by atoms with van der Waals surface area (Å²) in [6.45, 7) is 13.0. The van der Waals surface area contributed by atoms with E-state index in [2.05, 4.69) is 41.3 Å². The fourth-order valence-corrected chi connectivity index (χ4v) is 3.74. The molecule has 2 fully saturated rings. The lowest BCUT2D eigenvalue weighted by Crippen LogP contribution is -2.52. The molecule has 2 aliphatic rings. The zero-order chi connectivity index (χ0) is 20.0. The Balaban J connectivity index is 1.58. The van der Waals surface area contributed by atoms with Crippen LogP contribution in [-0.4, -0.2) is 79.9 Å². The molecule has 0 radical (unpaired) electrons. The van der Waals surface area contributed by atoms with Crippen molar-refractivity contribution in [1.29, 1.82) is 0 Å². The molecule has 0 amide bonds. The third-order valence-electron chi connectivity index (χ3n) is 5.40. The van der Waals surface area contributed by atoms with Crippen molar-refractivity contribution in [2.24, 2.45) is 4.99 Å². The van der Waals surface area contributed by atoms with Crippen molar-refractivity contribution in [2.45, 2.75) is 38.8 Å². The molecule has 0 bridgehead atoms. The lowest BCUT2D eigenvalue weighted by atomic mass is 10.0. The predicted molar refractivity (Wildman–Crippen MR) is 110 cm³/mol. The van der Waals surface area contributed by atoms with Gasteiger partial charge in [0, 0.05) is 50.5 Å². The van der Waals surface area contributed by atoms with Gasteiger partial charge in [0.05, 0.1) is 19.8 Å². The Hall–Kier alpha value is -1.93. The first kappa shape index (κ1) is 20.8. The van der Waals surface area contributed by atoms with Gasteiger partial charge in [-0.2, -0.15) is 0 Å². The van der Waals surface area contributed by atoms with Crippen LogP contribution in [0.15, 0.2) is 23.3 Å². The molecule has 28 heavy (non-hydrogen) atoms. The van der Waals surface area contributed by atoms with Crippen molar-refractivity contribution < 1.29 is 9.13 Å². The van der Waals surface area contributed by atoms with Crippen molar-refractivity contribution in [3.8, 4) is 0 Å². The number of aromatic nitrogens is 1. The van der Waals surface area contributed by atoms with Gasteiger partial charge in [0.2, 0.25) is 0 Å². The zero-order valence-corrected chi connectivity index (χ0v) is 17.2. The Bertz CT molecular complexity index is 662. The van der Waals surface area contributed by atoms with Crippen molar-refractivity contribution in [3.05, 3.63) is 24.1 Å². The van der Waals surface area contributed by atoms with Crippen molar-refractivity contribution in [3.63, 3.8) is 0 Å². The van der Waals surface area contributed by atoms with Gasteiger partial charge in [0.25, 0.3) is 0 Å². The van der Waals surface area contributed by atoms with E-state index in [0.717, 1.165) is 51.8 Å². The van der Waals surface area contributed by atoms with Crippen LogP contribution >= 0.6 is 0 Å². The molecular weight excluding hydrogens is 359 g/mol. The number of ether oxygens (including phenoxy) is 1. The number of nitrogens with zero attached hydrogens (tertiary/aromatic N) is 4. The number of guanidine groups is 1. The molecule has 1 aromatic rings. The number of nitrogens with one attached hydrogen (secondary N) is 2. The van der Waals surface area contributed by atoms with Crippen LogP contribution in [0.5, 0.6) is 0 Å². The van der Waals surface area contributed by atoms with Crippen LogP contribution in [-0.2, 0) is 4.74 Å². The summed E-state index contributed by atoms with van der Waals surface area (Å²) in [6, 6.07) is 3.30. The first-order valence-electron chi connectivity index (χ1n) is 10.2. The minimum absolute atomic E-state index is 0.0229. The number of rotatable bonds is 6. The van der Waals surface area contributed by atoms with Gasteiger partial charge < -0.3 is 20.3 Å². The highest BCUT2D eigenvalue weighted by molar-refractivity contribution is 5.80. The number of hydrogen-bond acceptors (Lipinski definition) is 5. The molecule has 3 heterocycles. The summed E-state index contributed by atoms with van der Waals surface area (Å²) in [6.07, 6.45) is 2.56. The number of pyridine rings is 1. The summed E-state index contributed by atoms with van der Waals surface area (Å²) < 4.78 is 19.5. The summed E-state index contributed by atoms with van der Waals surface area (Å²) in [7, 11) is 0. The van der Waals surface area contributed by atoms with Crippen LogP contribution in [0.3, 0.4) is 0 Å². The first-order chi connectivity index (χ1) is 13.5. The largest absolute Gasteiger partial charge is 0.379 e. The van der Waals surface area contributed by atoms with Crippen molar-refractivity contribution >= 4 is 11.8 Å². The average Bonchev–Trinajstić information content (AvgIpc) is 3.16. The van der Waals surface area contributed by atoms with Gasteiger partial charge in [-0.15, -0.1) is 0 Å². The lowest BCUT2D eigenvalue weighted by Gasteiger charge is -2.40. The van der Waals surface area contributed by atoms with Crippen molar-refractivity contribution in [1.82, 2.24) is 20.5 Å². The number of hydrogen-bond donors (Lipinski definition) is 2. The van der Waals surface area contributed by atoms with Crippen molar-refractivity contribution in [2.75, 3.05) is 57.4 Å². The van der Waals surface area contributed by atoms with E-state index in [1.54, 1.807) is 12.3 Å². The Morgan fingerprint density at radius 2 is 2.14 bits per heavy atom. The van der Waals surface area contributed by atoms with Gasteiger partial charge in [-0.1, -0.05) is 0 Å². The molecular formula is C20H33FN6O. The highest BCUT2D eigenvalue weighted by atomic mass is 19.1. The fraction of sp³-hybridized carbons (Fsp3) is 0.700. The standard InChI is InChI=1S/C20H33FN6O/c1-4-22-19(24-15-20(2,3)27-10-12-28-13-11-27)25-16-7-9-26(14-16)18-17(21)6-5-8-23-18/h5-6,8,16H,4,7,9-15H2,1-3H3,(H2,22,24,25). The van der Waals surface area contributed by atoms with Crippen LogP contribution in [0.25, 0.3) is 0 Å².